The monoisotopic (exact) mass is 310 g/mol. The Morgan fingerprint density at radius 1 is 1.24 bits per heavy atom. The van der Waals surface area contributed by atoms with Crippen LogP contribution in [0, 0.1) is 0 Å². The summed E-state index contributed by atoms with van der Waals surface area (Å²) >= 11 is 0. The molecule has 1 aromatic rings. The third-order valence-electron chi connectivity index (χ3n) is 3.42. The standard InChI is InChI=1S/C14H18N2O4S/c1-11(17)12-5-4-6-13(9-12)21(19,20)15-10-14(18)16-7-2-3-8-16/h4-6,9,15H,2-3,7-8,10H2,1H3. The first-order valence-corrected chi connectivity index (χ1v) is 8.27. The Hall–Kier alpha value is -1.73. The lowest BCUT2D eigenvalue weighted by Crippen LogP contribution is -2.38. The van der Waals surface area contributed by atoms with E-state index in [-0.39, 0.29) is 23.1 Å². The van der Waals surface area contributed by atoms with Gasteiger partial charge in [-0.1, -0.05) is 12.1 Å². The first-order chi connectivity index (χ1) is 9.90. The van der Waals surface area contributed by atoms with Gasteiger partial charge in [-0.3, -0.25) is 9.59 Å². The van der Waals surface area contributed by atoms with Crippen LogP contribution < -0.4 is 4.72 Å². The van der Waals surface area contributed by atoms with Crippen LogP contribution in [-0.2, 0) is 14.8 Å². The molecule has 0 aromatic heterocycles. The van der Waals surface area contributed by atoms with Crippen LogP contribution in [0.25, 0.3) is 0 Å². The number of rotatable bonds is 5. The number of likely N-dealkylation sites (tertiary alicyclic amines) is 1. The molecular weight excluding hydrogens is 292 g/mol. The van der Waals surface area contributed by atoms with Gasteiger partial charge in [0.15, 0.2) is 5.78 Å². The highest BCUT2D eigenvalue weighted by Crippen LogP contribution is 2.12. The molecule has 21 heavy (non-hydrogen) atoms. The third kappa shape index (κ3) is 3.89. The van der Waals surface area contributed by atoms with Gasteiger partial charge in [0.05, 0.1) is 11.4 Å². The van der Waals surface area contributed by atoms with Gasteiger partial charge in [0.2, 0.25) is 15.9 Å². The van der Waals surface area contributed by atoms with Crippen LogP contribution in [0.2, 0.25) is 0 Å². The van der Waals surface area contributed by atoms with E-state index >= 15 is 0 Å². The summed E-state index contributed by atoms with van der Waals surface area (Å²) in [6.45, 7) is 2.48. The number of amides is 1. The van der Waals surface area contributed by atoms with Crippen molar-refractivity contribution in [3.63, 3.8) is 0 Å². The Balaban J connectivity index is 2.06. The molecule has 0 atom stereocenters. The average Bonchev–Trinajstić information content (AvgIpc) is 2.99. The van der Waals surface area contributed by atoms with E-state index in [2.05, 4.69) is 4.72 Å². The molecule has 1 heterocycles. The Labute approximate surface area is 124 Å². The maximum Gasteiger partial charge on any atom is 0.241 e. The van der Waals surface area contributed by atoms with Gasteiger partial charge < -0.3 is 4.90 Å². The lowest BCUT2D eigenvalue weighted by Gasteiger charge is -2.15. The number of hydrogen-bond acceptors (Lipinski definition) is 4. The van der Waals surface area contributed by atoms with E-state index in [9.17, 15) is 18.0 Å². The van der Waals surface area contributed by atoms with Gasteiger partial charge in [0.1, 0.15) is 0 Å². The van der Waals surface area contributed by atoms with E-state index in [0.717, 1.165) is 12.8 Å². The highest BCUT2D eigenvalue weighted by molar-refractivity contribution is 7.89. The molecule has 0 saturated carbocycles. The number of hydrogen-bond donors (Lipinski definition) is 1. The van der Waals surface area contributed by atoms with Gasteiger partial charge in [-0.2, -0.15) is 0 Å². The molecule has 6 nitrogen and oxygen atoms in total. The van der Waals surface area contributed by atoms with Crippen LogP contribution in [0.5, 0.6) is 0 Å². The van der Waals surface area contributed by atoms with Crippen LogP contribution in [0.15, 0.2) is 29.2 Å². The quantitative estimate of drug-likeness (QED) is 0.815. The molecule has 0 bridgehead atoms. The van der Waals surface area contributed by atoms with E-state index in [1.54, 1.807) is 11.0 Å². The number of Topliss-reactive ketones (excluding diaryl/α,β-unsaturated/α-hetero) is 1. The molecule has 0 unspecified atom stereocenters. The van der Waals surface area contributed by atoms with Crippen LogP contribution in [-0.4, -0.2) is 44.6 Å². The first-order valence-electron chi connectivity index (χ1n) is 6.78. The van der Waals surface area contributed by atoms with Gasteiger partial charge in [-0.25, -0.2) is 13.1 Å². The van der Waals surface area contributed by atoms with Crippen molar-refractivity contribution in [2.24, 2.45) is 0 Å². The van der Waals surface area contributed by atoms with Crippen molar-refractivity contribution in [2.75, 3.05) is 19.6 Å². The van der Waals surface area contributed by atoms with Gasteiger partial charge in [-0.15, -0.1) is 0 Å². The Morgan fingerprint density at radius 3 is 2.52 bits per heavy atom. The number of sulfonamides is 1. The van der Waals surface area contributed by atoms with Gasteiger partial charge in [0.25, 0.3) is 0 Å². The van der Waals surface area contributed by atoms with Crippen molar-refractivity contribution in [1.29, 1.82) is 0 Å². The number of carbonyl (C=O) groups is 2. The molecule has 1 saturated heterocycles. The second-order valence-corrected chi connectivity index (χ2v) is 6.76. The fourth-order valence-corrected chi connectivity index (χ4v) is 3.22. The topological polar surface area (TPSA) is 83.5 Å². The summed E-state index contributed by atoms with van der Waals surface area (Å²) in [6.07, 6.45) is 1.91. The molecule has 0 radical (unpaired) electrons. The number of ketones is 1. The van der Waals surface area contributed by atoms with Crippen molar-refractivity contribution in [2.45, 2.75) is 24.7 Å². The SMILES string of the molecule is CC(=O)c1cccc(S(=O)(=O)NCC(=O)N2CCCC2)c1. The van der Waals surface area contributed by atoms with E-state index < -0.39 is 10.0 Å². The van der Waals surface area contributed by atoms with E-state index in [1.807, 2.05) is 0 Å². The molecule has 1 fully saturated rings. The Morgan fingerprint density at radius 2 is 1.90 bits per heavy atom. The van der Waals surface area contributed by atoms with Crippen LogP contribution in [0.1, 0.15) is 30.1 Å². The van der Waals surface area contributed by atoms with E-state index in [0.29, 0.717) is 18.7 Å². The van der Waals surface area contributed by atoms with Crippen molar-refractivity contribution >= 4 is 21.7 Å². The largest absolute Gasteiger partial charge is 0.342 e. The summed E-state index contributed by atoms with van der Waals surface area (Å²) in [5.41, 5.74) is 0.323. The molecule has 1 amide bonds. The van der Waals surface area contributed by atoms with Crippen LogP contribution >= 0.6 is 0 Å². The minimum Gasteiger partial charge on any atom is -0.342 e. The molecule has 0 aliphatic carbocycles. The number of nitrogens with one attached hydrogen (secondary N) is 1. The molecule has 7 heteroatoms. The predicted octanol–water partition coefficient (Wildman–Crippen LogP) is 0.790. The van der Waals surface area contributed by atoms with Gasteiger partial charge >= 0.3 is 0 Å². The minimum atomic E-state index is -3.79. The zero-order chi connectivity index (χ0) is 15.5. The fraction of sp³-hybridized carbons (Fsp3) is 0.429. The molecule has 0 spiro atoms. The van der Waals surface area contributed by atoms with E-state index in [1.165, 1.54) is 25.1 Å². The molecule has 1 aliphatic heterocycles. The Kier molecular flexibility index (Phi) is 4.74. The smallest absolute Gasteiger partial charge is 0.241 e. The predicted molar refractivity (Wildman–Crippen MR) is 77.4 cm³/mol. The van der Waals surface area contributed by atoms with Crippen molar-refractivity contribution < 1.29 is 18.0 Å². The molecule has 1 aromatic carbocycles. The summed E-state index contributed by atoms with van der Waals surface area (Å²) < 4.78 is 26.6. The molecular formula is C14H18N2O4S. The van der Waals surface area contributed by atoms with Crippen LogP contribution in [0.4, 0.5) is 0 Å². The molecule has 114 valence electrons. The second-order valence-electron chi connectivity index (χ2n) is 5.00. The van der Waals surface area contributed by atoms with Gasteiger partial charge in [-0.05, 0) is 31.9 Å². The maximum absolute atomic E-state index is 12.1. The zero-order valence-corrected chi connectivity index (χ0v) is 12.6. The molecule has 2 rings (SSSR count). The zero-order valence-electron chi connectivity index (χ0n) is 11.8. The third-order valence-corrected chi connectivity index (χ3v) is 4.82. The minimum absolute atomic E-state index is 0.00979. The van der Waals surface area contributed by atoms with Crippen LogP contribution in [0.3, 0.4) is 0 Å². The number of carbonyl (C=O) groups excluding carboxylic acids is 2. The lowest BCUT2D eigenvalue weighted by molar-refractivity contribution is -0.128. The highest BCUT2D eigenvalue weighted by atomic mass is 32.2. The second kappa shape index (κ2) is 6.36. The summed E-state index contributed by atoms with van der Waals surface area (Å²) in [7, 11) is -3.79. The number of benzene rings is 1. The highest BCUT2D eigenvalue weighted by Gasteiger charge is 2.21. The number of nitrogens with zero attached hydrogens (tertiary/aromatic N) is 1. The van der Waals surface area contributed by atoms with Crippen molar-refractivity contribution in [3.05, 3.63) is 29.8 Å². The summed E-state index contributed by atoms with van der Waals surface area (Å²) in [5.74, 6) is -0.431. The van der Waals surface area contributed by atoms with E-state index in [4.69, 9.17) is 0 Å². The maximum atomic E-state index is 12.1. The first kappa shape index (κ1) is 15.7. The van der Waals surface area contributed by atoms with Crippen molar-refractivity contribution in [3.8, 4) is 0 Å². The van der Waals surface area contributed by atoms with Gasteiger partial charge in [0, 0.05) is 18.7 Å². The molecule has 1 aliphatic rings. The Bertz CT molecular complexity index is 649. The summed E-state index contributed by atoms with van der Waals surface area (Å²) in [4.78, 5) is 24.8. The fourth-order valence-electron chi connectivity index (χ4n) is 2.20. The summed E-state index contributed by atoms with van der Waals surface area (Å²) in [6, 6.07) is 5.77. The van der Waals surface area contributed by atoms with Crippen molar-refractivity contribution in [1.82, 2.24) is 9.62 Å². The summed E-state index contributed by atoms with van der Waals surface area (Å²) in [5, 5.41) is 0. The average molecular weight is 310 g/mol. The molecule has 1 N–H and O–H groups in total. The lowest BCUT2D eigenvalue weighted by atomic mass is 10.2. The normalized spacial score (nSPS) is 15.2.